The van der Waals surface area contributed by atoms with E-state index in [0.29, 0.717) is 42.8 Å². The third kappa shape index (κ3) is 3.79. The van der Waals surface area contributed by atoms with Crippen LogP contribution in [0, 0.1) is 5.92 Å². The lowest BCUT2D eigenvalue weighted by atomic mass is 10.0. The molecule has 0 N–H and O–H groups in total. The quantitative estimate of drug-likeness (QED) is 0.800. The van der Waals surface area contributed by atoms with Crippen molar-refractivity contribution >= 4 is 5.91 Å². The number of hydrogen-bond acceptors (Lipinski definition) is 5. The average Bonchev–Trinajstić information content (AvgIpc) is 3.26. The van der Waals surface area contributed by atoms with Crippen molar-refractivity contribution in [1.82, 2.24) is 19.9 Å². The third-order valence-electron chi connectivity index (χ3n) is 5.22. The van der Waals surface area contributed by atoms with Gasteiger partial charge in [-0.2, -0.15) is 4.98 Å². The van der Waals surface area contributed by atoms with Gasteiger partial charge < -0.3 is 9.42 Å². The van der Waals surface area contributed by atoms with E-state index in [1.807, 2.05) is 6.92 Å². The van der Waals surface area contributed by atoms with E-state index in [1.54, 1.807) is 0 Å². The number of amides is 1. The summed E-state index contributed by atoms with van der Waals surface area (Å²) in [6.07, 6.45) is 6.04. The fourth-order valence-electron chi connectivity index (χ4n) is 4.17. The van der Waals surface area contributed by atoms with Crippen molar-refractivity contribution in [3.63, 3.8) is 0 Å². The minimum absolute atomic E-state index is 0.293. The number of hydrogen-bond donors (Lipinski definition) is 0. The van der Waals surface area contributed by atoms with Crippen LogP contribution < -0.4 is 0 Å². The first-order chi connectivity index (χ1) is 11.6. The van der Waals surface area contributed by atoms with Crippen molar-refractivity contribution in [2.24, 2.45) is 5.92 Å². The van der Waals surface area contributed by atoms with Gasteiger partial charge in [0.25, 0.3) is 0 Å². The molecule has 0 radical (unpaired) electrons. The Kier molecular flexibility index (Phi) is 5.54. The van der Waals surface area contributed by atoms with Crippen molar-refractivity contribution < 1.29 is 9.32 Å². The molecule has 6 nitrogen and oxygen atoms in total. The molecule has 2 saturated heterocycles. The summed E-state index contributed by atoms with van der Waals surface area (Å²) in [5, 5.41) is 4.10. The van der Waals surface area contributed by atoms with Gasteiger partial charge in [-0.05, 0) is 38.1 Å². The van der Waals surface area contributed by atoms with Gasteiger partial charge in [0, 0.05) is 31.5 Å². The molecule has 24 heavy (non-hydrogen) atoms. The largest absolute Gasteiger partial charge is 0.338 e. The standard InChI is InChI=1S/C18H30N4O2/c1-4-18(23)22-10-6-8-15(22)14-7-5-9-21(14)12-17-19-16(20-24-17)11-13(2)3/h13-15H,4-12H2,1-3H3/t14-,15+/m0/s1. The van der Waals surface area contributed by atoms with Crippen LogP contribution in [0.15, 0.2) is 4.52 Å². The number of aromatic nitrogens is 2. The Hall–Kier alpha value is -1.43. The zero-order valence-electron chi connectivity index (χ0n) is 15.2. The maximum Gasteiger partial charge on any atom is 0.240 e. The molecule has 2 aliphatic heterocycles. The first-order valence-corrected chi connectivity index (χ1v) is 9.43. The fraction of sp³-hybridized carbons (Fsp3) is 0.833. The Labute approximate surface area is 144 Å². The summed E-state index contributed by atoms with van der Waals surface area (Å²) in [4.78, 5) is 21.3. The second-order valence-corrected chi connectivity index (χ2v) is 7.53. The fourth-order valence-corrected chi connectivity index (χ4v) is 4.17. The summed E-state index contributed by atoms with van der Waals surface area (Å²) in [5.41, 5.74) is 0. The minimum atomic E-state index is 0.293. The molecule has 3 heterocycles. The van der Waals surface area contributed by atoms with Crippen molar-refractivity contribution in [2.45, 2.75) is 77.9 Å². The SMILES string of the molecule is CCC(=O)N1CCC[C@@H]1[C@@H]1CCCN1Cc1nc(CC(C)C)no1. The molecule has 0 aromatic carbocycles. The highest BCUT2D eigenvalue weighted by Crippen LogP contribution is 2.31. The first kappa shape index (κ1) is 17.4. The van der Waals surface area contributed by atoms with Crippen LogP contribution in [0.4, 0.5) is 0 Å². The zero-order valence-corrected chi connectivity index (χ0v) is 15.2. The molecular weight excluding hydrogens is 304 g/mol. The van der Waals surface area contributed by atoms with Crippen molar-refractivity contribution in [3.8, 4) is 0 Å². The molecule has 2 atom stereocenters. The van der Waals surface area contributed by atoms with E-state index in [1.165, 1.54) is 6.42 Å². The maximum atomic E-state index is 12.2. The van der Waals surface area contributed by atoms with E-state index in [-0.39, 0.29) is 0 Å². The van der Waals surface area contributed by atoms with Crippen LogP contribution >= 0.6 is 0 Å². The Bertz CT molecular complexity index is 557. The van der Waals surface area contributed by atoms with E-state index in [0.717, 1.165) is 44.6 Å². The van der Waals surface area contributed by atoms with Crippen molar-refractivity contribution in [3.05, 3.63) is 11.7 Å². The van der Waals surface area contributed by atoms with Gasteiger partial charge in [0.15, 0.2) is 5.82 Å². The highest BCUT2D eigenvalue weighted by atomic mass is 16.5. The summed E-state index contributed by atoms with van der Waals surface area (Å²) in [5.74, 6) is 2.34. The summed E-state index contributed by atoms with van der Waals surface area (Å²) in [7, 11) is 0. The third-order valence-corrected chi connectivity index (χ3v) is 5.22. The van der Waals surface area contributed by atoms with Crippen molar-refractivity contribution in [1.29, 1.82) is 0 Å². The van der Waals surface area contributed by atoms with E-state index in [9.17, 15) is 4.79 Å². The van der Waals surface area contributed by atoms with Crippen LogP contribution in [0.5, 0.6) is 0 Å². The molecule has 6 heteroatoms. The van der Waals surface area contributed by atoms with Gasteiger partial charge in [0.05, 0.1) is 6.54 Å². The molecule has 1 amide bonds. The molecule has 0 bridgehead atoms. The molecular formula is C18H30N4O2. The second-order valence-electron chi connectivity index (χ2n) is 7.53. The molecule has 2 aliphatic rings. The molecule has 0 saturated carbocycles. The molecule has 134 valence electrons. The van der Waals surface area contributed by atoms with Crippen LogP contribution in [0.3, 0.4) is 0 Å². The Morgan fingerprint density at radius 3 is 2.75 bits per heavy atom. The summed E-state index contributed by atoms with van der Waals surface area (Å²) in [6, 6.07) is 0.793. The smallest absolute Gasteiger partial charge is 0.240 e. The average molecular weight is 334 g/mol. The topological polar surface area (TPSA) is 62.5 Å². The highest BCUT2D eigenvalue weighted by molar-refractivity contribution is 5.76. The van der Waals surface area contributed by atoms with Crippen LogP contribution in [-0.4, -0.2) is 51.0 Å². The van der Waals surface area contributed by atoms with Gasteiger partial charge in [-0.3, -0.25) is 9.69 Å². The van der Waals surface area contributed by atoms with Gasteiger partial charge in [-0.1, -0.05) is 25.9 Å². The van der Waals surface area contributed by atoms with Gasteiger partial charge >= 0.3 is 0 Å². The Morgan fingerprint density at radius 1 is 1.25 bits per heavy atom. The lowest BCUT2D eigenvalue weighted by Crippen LogP contribution is -2.47. The van der Waals surface area contributed by atoms with Crippen LogP contribution in [0.25, 0.3) is 0 Å². The molecule has 0 unspecified atom stereocenters. The van der Waals surface area contributed by atoms with Crippen LogP contribution in [-0.2, 0) is 17.8 Å². The second kappa shape index (κ2) is 7.64. The van der Waals surface area contributed by atoms with Gasteiger partial charge in [-0.15, -0.1) is 0 Å². The minimum Gasteiger partial charge on any atom is -0.338 e. The predicted octanol–water partition coefficient (Wildman–Crippen LogP) is 2.63. The number of carbonyl (C=O) groups excluding carboxylic acids is 1. The van der Waals surface area contributed by atoms with E-state index in [4.69, 9.17) is 4.52 Å². The Balaban J connectivity index is 1.65. The highest BCUT2D eigenvalue weighted by Gasteiger charge is 2.39. The summed E-state index contributed by atoms with van der Waals surface area (Å²) in [6.45, 7) is 8.95. The lowest BCUT2D eigenvalue weighted by molar-refractivity contribution is -0.132. The van der Waals surface area contributed by atoms with E-state index >= 15 is 0 Å². The van der Waals surface area contributed by atoms with Crippen molar-refractivity contribution in [2.75, 3.05) is 13.1 Å². The predicted molar refractivity (Wildman–Crippen MR) is 91.3 cm³/mol. The lowest BCUT2D eigenvalue weighted by Gasteiger charge is -2.34. The Morgan fingerprint density at radius 2 is 2.00 bits per heavy atom. The van der Waals surface area contributed by atoms with Gasteiger partial charge in [0.1, 0.15) is 0 Å². The molecule has 1 aromatic heterocycles. The normalized spacial score (nSPS) is 25.1. The summed E-state index contributed by atoms with van der Waals surface area (Å²) >= 11 is 0. The zero-order chi connectivity index (χ0) is 17.1. The van der Waals surface area contributed by atoms with Crippen LogP contribution in [0.1, 0.15) is 64.6 Å². The van der Waals surface area contributed by atoms with Gasteiger partial charge in [0.2, 0.25) is 11.8 Å². The molecule has 0 aliphatic carbocycles. The molecule has 2 fully saturated rings. The monoisotopic (exact) mass is 334 g/mol. The molecule has 0 spiro atoms. The number of rotatable bonds is 6. The summed E-state index contributed by atoms with van der Waals surface area (Å²) < 4.78 is 5.45. The number of nitrogens with zero attached hydrogens (tertiary/aromatic N) is 4. The molecule has 3 rings (SSSR count). The van der Waals surface area contributed by atoms with E-state index < -0.39 is 0 Å². The van der Waals surface area contributed by atoms with Crippen LogP contribution in [0.2, 0.25) is 0 Å². The van der Waals surface area contributed by atoms with E-state index in [2.05, 4.69) is 33.8 Å². The maximum absolute atomic E-state index is 12.2. The molecule has 1 aromatic rings. The van der Waals surface area contributed by atoms with Gasteiger partial charge in [-0.25, -0.2) is 0 Å². The number of carbonyl (C=O) groups is 1. The number of likely N-dealkylation sites (tertiary alicyclic amines) is 2. The first-order valence-electron chi connectivity index (χ1n) is 9.43.